The van der Waals surface area contributed by atoms with Crippen LogP contribution in [-0.4, -0.2) is 85.6 Å². The van der Waals surface area contributed by atoms with E-state index in [1.54, 1.807) is 6.92 Å². The van der Waals surface area contributed by atoms with Gasteiger partial charge in [-0.2, -0.15) is 0 Å². The molecule has 3 atom stereocenters. The van der Waals surface area contributed by atoms with Gasteiger partial charge in [0, 0.05) is 32.4 Å². The normalized spacial score (nSPS) is 19.5. The molecule has 0 saturated carbocycles. The van der Waals surface area contributed by atoms with E-state index in [1.807, 2.05) is 29.2 Å². The Morgan fingerprint density at radius 3 is 2.83 bits per heavy atom. The number of carbonyl (C=O) groups is 2. The smallest absolute Gasteiger partial charge is 0.326 e. The average molecular weight is 571 g/mol. The predicted octanol–water partition coefficient (Wildman–Crippen LogP) is 3.50. The number of carboxylic acid groups (broad SMARTS) is 1. The molecule has 3 heterocycles. The number of fused-ring (bicyclic) bond motifs is 2. The highest BCUT2D eigenvalue weighted by Crippen LogP contribution is 2.32. The van der Waals surface area contributed by atoms with Crippen LogP contribution in [0.4, 0.5) is 10.2 Å². The van der Waals surface area contributed by atoms with Gasteiger partial charge in [-0.25, -0.2) is 14.2 Å². The third kappa shape index (κ3) is 8.02. The lowest BCUT2D eigenvalue weighted by molar-refractivity contribution is -0.143. The summed E-state index contributed by atoms with van der Waals surface area (Å²) in [5.74, 6) is -0.498. The summed E-state index contributed by atoms with van der Waals surface area (Å²) in [5.41, 5.74) is 3.09. The molecule has 9 nitrogen and oxygen atoms in total. The highest BCUT2D eigenvalue weighted by Gasteiger charge is 2.41. The molecule has 1 aromatic heterocycles. The first-order valence-electron chi connectivity index (χ1n) is 14.6. The molecule has 1 amide bonds. The van der Waals surface area contributed by atoms with Gasteiger partial charge in [0.05, 0.1) is 24.7 Å². The Labute approximate surface area is 241 Å². The fraction of sp³-hybridized carbons (Fsp3) is 0.581. The van der Waals surface area contributed by atoms with Crippen LogP contribution in [0.2, 0.25) is 0 Å². The largest absolute Gasteiger partial charge is 0.480 e. The fourth-order valence-corrected chi connectivity index (χ4v) is 5.62. The number of unbranched alkanes of at least 4 members (excludes halogenated alkanes) is 1. The second kappa shape index (κ2) is 14.7. The van der Waals surface area contributed by atoms with Crippen LogP contribution < -0.4 is 10.6 Å². The number of alkyl halides is 1. The summed E-state index contributed by atoms with van der Waals surface area (Å²) in [5, 5.41) is 16.1. The molecule has 2 aliphatic heterocycles. The van der Waals surface area contributed by atoms with E-state index in [-0.39, 0.29) is 18.9 Å². The fourth-order valence-electron chi connectivity index (χ4n) is 5.62. The molecular weight excluding hydrogens is 527 g/mol. The number of amides is 1. The van der Waals surface area contributed by atoms with Gasteiger partial charge in [-0.05, 0) is 74.8 Å². The van der Waals surface area contributed by atoms with Gasteiger partial charge >= 0.3 is 5.97 Å². The minimum absolute atomic E-state index is 0.176. The topological polar surface area (TPSA) is 113 Å². The van der Waals surface area contributed by atoms with Crippen molar-refractivity contribution < 1.29 is 28.6 Å². The van der Waals surface area contributed by atoms with E-state index in [1.165, 1.54) is 12.7 Å². The van der Waals surface area contributed by atoms with Crippen LogP contribution in [-0.2, 0) is 43.9 Å². The molecule has 2 aromatic rings. The molecule has 224 valence electrons. The molecule has 0 spiro atoms. The molecular formula is C31H43FN4O5. The van der Waals surface area contributed by atoms with Gasteiger partial charge in [-0.1, -0.05) is 30.3 Å². The number of halogens is 1. The molecule has 0 fully saturated rings. The number of hydrogen-bond acceptors (Lipinski definition) is 7. The number of hydrogen-bond donors (Lipinski definition) is 3. The number of anilines is 1. The standard InChI is InChI=1S/C31H43FN4O5/c1-31(21-41-20-23-8-3-4-11-26(23)31)30(39)35-27(29(37)38)14-17-36(19-25(18-32)40-2)16-6-5-10-24-13-12-22-9-7-15-33-28(22)34-24/h3-4,8,11-13,25,27H,5-7,9-10,14-21H2,1-2H3,(H,33,34)(H,35,39)(H,37,38). The Bertz CT molecular complexity index is 1180. The minimum atomic E-state index is -1.10. The summed E-state index contributed by atoms with van der Waals surface area (Å²) < 4.78 is 24.5. The summed E-state index contributed by atoms with van der Waals surface area (Å²) >= 11 is 0. The van der Waals surface area contributed by atoms with Crippen LogP contribution >= 0.6 is 0 Å². The predicted molar refractivity (Wildman–Crippen MR) is 155 cm³/mol. The molecule has 0 saturated heterocycles. The molecule has 2 aliphatic rings. The van der Waals surface area contributed by atoms with Crippen LogP contribution in [0, 0.1) is 0 Å². The molecule has 0 aliphatic carbocycles. The van der Waals surface area contributed by atoms with Gasteiger partial charge in [0.15, 0.2) is 0 Å². The van der Waals surface area contributed by atoms with Crippen molar-refractivity contribution in [3.8, 4) is 0 Å². The van der Waals surface area contributed by atoms with Crippen LogP contribution in [0.15, 0.2) is 36.4 Å². The van der Waals surface area contributed by atoms with Crippen LogP contribution in [0.1, 0.15) is 55.0 Å². The van der Waals surface area contributed by atoms with Crippen LogP contribution in [0.5, 0.6) is 0 Å². The Morgan fingerprint density at radius 2 is 2.05 bits per heavy atom. The maximum absolute atomic E-state index is 13.5. The Hall–Kier alpha value is -3.08. The Balaban J connectivity index is 1.33. The molecule has 3 unspecified atom stereocenters. The second-order valence-electron chi connectivity index (χ2n) is 11.2. The summed E-state index contributed by atoms with van der Waals surface area (Å²) in [6.07, 6.45) is 4.32. The SMILES string of the molecule is COC(CF)CN(CCCCc1ccc2c(n1)NCCC2)CCC(NC(=O)C1(C)COCc2ccccc21)C(=O)O. The van der Waals surface area contributed by atoms with Crippen molar-refractivity contribution in [1.29, 1.82) is 0 Å². The first-order chi connectivity index (χ1) is 19.8. The van der Waals surface area contributed by atoms with Gasteiger partial charge in [0.1, 0.15) is 18.5 Å². The lowest BCUT2D eigenvalue weighted by atomic mass is 9.78. The van der Waals surface area contributed by atoms with E-state index >= 15 is 0 Å². The van der Waals surface area contributed by atoms with Crippen molar-refractivity contribution in [3.05, 3.63) is 58.8 Å². The summed E-state index contributed by atoms with van der Waals surface area (Å²) in [4.78, 5) is 32.4. The van der Waals surface area contributed by atoms with Crippen molar-refractivity contribution in [1.82, 2.24) is 15.2 Å². The molecule has 3 N–H and O–H groups in total. The lowest BCUT2D eigenvalue weighted by Crippen LogP contribution is -2.53. The van der Waals surface area contributed by atoms with Gasteiger partial charge in [-0.15, -0.1) is 0 Å². The van der Waals surface area contributed by atoms with Crippen molar-refractivity contribution >= 4 is 17.7 Å². The van der Waals surface area contributed by atoms with E-state index < -0.39 is 30.2 Å². The molecule has 41 heavy (non-hydrogen) atoms. The average Bonchev–Trinajstić information content (AvgIpc) is 2.99. The van der Waals surface area contributed by atoms with Crippen LogP contribution in [0.3, 0.4) is 0 Å². The summed E-state index contributed by atoms with van der Waals surface area (Å²) in [7, 11) is 1.48. The number of methoxy groups -OCH3 is 1. The maximum Gasteiger partial charge on any atom is 0.326 e. The number of aliphatic carboxylic acids is 1. The number of carboxylic acids is 1. The van der Waals surface area contributed by atoms with Crippen molar-refractivity contribution in [2.75, 3.05) is 51.9 Å². The lowest BCUT2D eigenvalue weighted by Gasteiger charge is -2.35. The van der Waals surface area contributed by atoms with E-state index in [2.05, 4.69) is 22.8 Å². The molecule has 1 aromatic carbocycles. The van der Waals surface area contributed by atoms with Crippen LogP contribution in [0.25, 0.3) is 0 Å². The van der Waals surface area contributed by atoms with Crippen molar-refractivity contribution in [2.45, 2.75) is 69.6 Å². The van der Waals surface area contributed by atoms with E-state index in [0.717, 1.165) is 61.3 Å². The number of ether oxygens (including phenoxy) is 2. The first-order valence-corrected chi connectivity index (χ1v) is 14.6. The van der Waals surface area contributed by atoms with E-state index in [0.29, 0.717) is 26.2 Å². The van der Waals surface area contributed by atoms with Gasteiger partial charge in [-0.3, -0.25) is 4.79 Å². The number of aromatic nitrogens is 1. The second-order valence-corrected chi connectivity index (χ2v) is 11.2. The quantitative estimate of drug-likeness (QED) is 0.279. The number of nitrogens with zero attached hydrogens (tertiary/aromatic N) is 2. The van der Waals surface area contributed by atoms with Gasteiger partial charge in [0.2, 0.25) is 5.91 Å². The summed E-state index contributed by atoms with van der Waals surface area (Å²) in [6, 6.07) is 10.7. The van der Waals surface area contributed by atoms with E-state index in [9.17, 15) is 19.1 Å². The van der Waals surface area contributed by atoms with Gasteiger partial charge < -0.3 is 30.1 Å². The van der Waals surface area contributed by atoms with Gasteiger partial charge in [0.25, 0.3) is 0 Å². The minimum Gasteiger partial charge on any atom is -0.480 e. The third-order valence-corrected chi connectivity index (χ3v) is 8.18. The zero-order chi connectivity index (χ0) is 29.2. The molecule has 0 bridgehead atoms. The molecule has 0 radical (unpaired) electrons. The monoisotopic (exact) mass is 570 g/mol. The number of nitrogens with one attached hydrogen (secondary N) is 2. The molecule has 10 heteroatoms. The Morgan fingerprint density at radius 1 is 1.22 bits per heavy atom. The number of benzene rings is 1. The highest BCUT2D eigenvalue weighted by molar-refractivity contribution is 5.91. The molecule has 4 rings (SSSR count). The zero-order valence-electron chi connectivity index (χ0n) is 24.2. The highest BCUT2D eigenvalue weighted by atomic mass is 19.1. The number of carbonyl (C=O) groups excluding carboxylic acids is 1. The van der Waals surface area contributed by atoms with Crippen molar-refractivity contribution in [3.63, 3.8) is 0 Å². The maximum atomic E-state index is 13.5. The third-order valence-electron chi connectivity index (χ3n) is 8.18. The number of rotatable bonds is 15. The number of aryl methyl sites for hydroxylation is 2. The number of pyridine rings is 1. The van der Waals surface area contributed by atoms with E-state index in [4.69, 9.17) is 14.5 Å². The first kappa shape index (κ1) is 30.9. The Kier molecular flexibility index (Phi) is 11.1. The summed E-state index contributed by atoms with van der Waals surface area (Å²) in [6.45, 7) is 4.07. The zero-order valence-corrected chi connectivity index (χ0v) is 24.2. The van der Waals surface area contributed by atoms with Crippen molar-refractivity contribution in [2.24, 2.45) is 0 Å².